The van der Waals surface area contributed by atoms with Crippen LogP contribution in [0.25, 0.3) is 0 Å². The minimum absolute atomic E-state index is 0.0285. The van der Waals surface area contributed by atoms with E-state index in [1.54, 1.807) is 19.0 Å². The van der Waals surface area contributed by atoms with Gasteiger partial charge in [-0.25, -0.2) is 5.01 Å². The first-order valence-corrected chi connectivity index (χ1v) is 9.19. The maximum Gasteiger partial charge on any atom is 0.240 e. The fourth-order valence-electron chi connectivity index (χ4n) is 3.87. The second kappa shape index (κ2) is 6.30. The summed E-state index contributed by atoms with van der Waals surface area (Å²) < 4.78 is 6.42. The van der Waals surface area contributed by atoms with Crippen LogP contribution < -0.4 is 4.74 Å². The third-order valence-corrected chi connectivity index (χ3v) is 5.59. The first-order chi connectivity index (χ1) is 12.1. The van der Waals surface area contributed by atoms with Crippen molar-refractivity contribution in [1.82, 2.24) is 5.01 Å². The minimum atomic E-state index is -0.0417. The lowest BCUT2D eigenvalue weighted by Crippen LogP contribution is -2.31. The van der Waals surface area contributed by atoms with Gasteiger partial charge in [0.2, 0.25) is 5.91 Å². The molecular weight excluding hydrogens is 380 g/mol. The van der Waals surface area contributed by atoms with Crippen LogP contribution in [0.5, 0.6) is 5.75 Å². The van der Waals surface area contributed by atoms with Gasteiger partial charge in [-0.15, -0.1) is 0 Å². The van der Waals surface area contributed by atoms with Crippen molar-refractivity contribution in [3.05, 3.63) is 63.6 Å². The molecule has 2 aromatic rings. The molecule has 0 radical (unpaired) electrons. The summed E-state index contributed by atoms with van der Waals surface area (Å²) in [6, 6.07) is 14.3. The normalized spacial score (nSPS) is 21.4. The highest BCUT2D eigenvalue weighted by Gasteiger charge is 2.43. The molecule has 5 heteroatoms. The van der Waals surface area contributed by atoms with Gasteiger partial charge in [0, 0.05) is 22.9 Å². The quantitative estimate of drug-likeness (QED) is 0.755. The fourth-order valence-corrected chi connectivity index (χ4v) is 4.13. The molecule has 0 fully saturated rings. The third-order valence-electron chi connectivity index (χ3n) is 5.06. The number of hydrazone groups is 1. The standard InChI is InChI=1S/C20H19BrN2O2/c1-12(24)23-20(14-3-7-15(21)8-4-14)17-10-6-13-5-9-16(25-2)11-18(13)19(17)22-23/h3-5,7-9,11,17,20H,6,10H2,1-2H3/t17-,20+/m1/s1. The summed E-state index contributed by atoms with van der Waals surface area (Å²) in [6.07, 6.45) is 1.98. The van der Waals surface area contributed by atoms with Crippen molar-refractivity contribution in [1.29, 1.82) is 0 Å². The van der Waals surface area contributed by atoms with Gasteiger partial charge in [0.15, 0.2) is 0 Å². The number of aryl methyl sites for hydroxylation is 1. The smallest absolute Gasteiger partial charge is 0.240 e. The molecule has 4 rings (SSSR count). The predicted molar refractivity (Wildman–Crippen MR) is 101 cm³/mol. The van der Waals surface area contributed by atoms with Crippen LogP contribution in [-0.4, -0.2) is 23.7 Å². The van der Waals surface area contributed by atoms with Crippen LogP contribution in [0.4, 0.5) is 0 Å². The number of rotatable bonds is 2. The summed E-state index contributed by atoms with van der Waals surface area (Å²) >= 11 is 3.48. The lowest BCUT2D eigenvalue weighted by molar-refractivity contribution is -0.131. The predicted octanol–water partition coefficient (Wildman–Crippen LogP) is 4.33. The number of benzene rings is 2. The number of hydrogen-bond acceptors (Lipinski definition) is 3. The van der Waals surface area contributed by atoms with E-state index < -0.39 is 0 Å². The van der Waals surface area contributed by atoms with Gasteiger partial charge in [-0.3, -0.25) is 4.79 Å². The van der Waals surface area contributed by atoms with Crippen LogP contribution in [-0.2, 0) is 11.2 Å². The van der Waals surface area contributed by atoms with Crippen LogP contribution >= 0.6 is 15.9 Å². The highest BCUT2D eigenvalue weighted by molar-refractivity contribution is 9.10. The van der Waals surface area contributed by atoms with Crippen molar-refractivity contribution in [2.75, 3.05) is 7.11 Å². The van der Waals surface area contributed by atoms with Gasteiger partial charge in [0.05, 0.1) is 18.9 Å². The van der Waals surface area contributed by atoms with Gasteiger partial charge in [0.1, 0.15) is 5.75 Å². The topological polar surface area (TPSA) is 41.9 Å². The summed E-state index contributed by atoms with van der Waals surface area (Å²) in [7, 11) is 1.67. The second-order valence-corrected chi connectivity index (χ2v) is 7.43. The molecule has 0 saturated heterocycles. The Labute approximate surface area is 155 Å². The maximum absolute atomic E-state index is 12.3. The number of hydrogen-bond donors (Lipinski definition) is 0. The molecular formula is C20H19BrN2O2. The number of methoxy groups -OCH3 is 1. The Bertz CT molecular complexity index is 860. The molecule has 1 amide bonds. The number of carbonyl (C=O) groups is 1. The van der Waals surface area contributed by atoms with Gasteiger partial charge in [0.25, 0.3) is 0 Å². The molecule has 1 heterocycles. The Kier molecular flexibility index (Phi) is 4.12. The Hall–Kier alpha value is -2.14. The molecule has 0 spiro atoms. The molecule has 0 N–H and O–H groups in total. The summed E-state index contributed by atoms with van der Waals surface area (Å²) in [5, 5.41) is 6.39. The Balaban J connectivity index is 1.80. The molecule has 2 atom stereocenters. The van der Waals surface area contributed by atoms with Gasteiger partial charge in [-0.05, 0) is 48.2 Å². The average Bonchev–Trinajstić information content (AvgIpc) is 3.02. The summed E-state index contributed by atoms with van der Waals surface area (Å²) in [6.45, 7) is 1.58. The van der Waals surface area contributed by atoms with Crippen LogP contribution in [0.15, 0.2) is 52.0 Å². The zero-order valence-corrected chi connectivity index (χ0v) is 15.8. The first kappa shape index (κ1) is 16.3. The Morgan fingerprint density at radius 2 is 2.00 bits per heavy atom. The van der Waals surface area contributed by atoms with Crippen molar-refractivity contribution in [2.24, 2.45) is 11.0 Å². The van der Waals surface area contributed by atoms with E-state index in [-0.39, 0.29) is 17.9 Å². The van der Waals surface area contributed by atoms with Gasteiger partial charge in [-0.1, -0.05) is 34.1 Å². The molecule has 1 aliphatic heterocycles. The van der Waals surface area contributed by atoms with Crippen molar-refractivity contribution >= 4 is 27.5 Å². The summed E-state index contributed by atoms with van der Waals surface area (Å²) in [5.74, 6) is 1.01. The second-order valence-electron chi connectivity index (χ2n) is 6.51. The molecule has 0 aromatic heterocycles. The zero-order chi connectivity index (χ0) is 17.6. The van der Waals surface area contributed by atoms with E-state index in [0.717, 1.165) is 39.9 Å². The third kappa shape index (κ3) is 2.76. The SMILES string of the molecule is COc1ccc2c(c1)C1=NN(C(C)=O)[C@@H](c3ccc(Br)cc3)[C@@H]1CC2. The Morgan fingerprint density at radius 3 is 2.68 bits per heavy atom. The molecule has 1 aliphatic carbocycles. The van der Waals surface area contributed by atoms with Gasteiger partial charge in [-0.2, -0.15) is 5.10 Å². The van der Waals surface area contributed by atoms with Crippen LogP contribution in [0, 0.1) is 5.92 Å². The van der Waals surface area contributed by atoms with E-state index in [1.807, 2.05) is 24.3 Å². The van der Waals surface area contributed by atoms with Gasteiger partial charge < -0.3 is 4.74 Å². The number of nitrogens with zero attached hydrogens (tertiary/aromatic N) is 2. The highest BCUT2D eigenvalue weighted by atomic mass is 79.9. The molecule has 2 aliphatic rings. The number of carbonyl (C=O) groups excluding carboxylic acids is 1. The van der Waals surface area contributed by atoms with E-state index >= 15 is 0 Å². The van der Waals surface area contributed by atoms with Crippen molar-refractivity contribution in [2.45, 2.75) is 25.8 Å². The summed E-state index contributed by atoms with van der Waals surface area (Å²) in [4.78, 5) is 12.3. The molecule has 2 aromatic carbocycles. The number of amides is 1. The van der Waals surface area contributed by atoms with E-state index in [2.05, 4.69) is 34.1 Å². The molecule has 0 bridgehead atoms. The number of fused-ring (bicyclic) bond motifs is 3. The Morgan fingerprint density at radius 1 is 1.24 bits per heavy atom. The van der Waals surface area contributed by atoms with Crippen molar-refractivity contribution in [3.63, 3.8) is 0 Å². The van der Waals surface area contributed by atoms with Gasteiger partial charge >= 0.3 is 0 Å². The lowest BCUT2D eigenvalue weighted by atomic mass is 9.77. The first-order valence-electron chi connectivity index (χ1n) is 8.39. The molecule has 0 unspecified atom stereocenters. The minimum Gasteiger partial charge on any atom is -0.497 e. The van der Waals surface area contributed by atoms with E-state index in [1.165, 1.54) is 5.56 Å². The number of ether oxygens (including phenoxy) is 1. The van der Waals surface area contributed by atoms with Crippen molar-refractivity contribution in [3.8, 4) is 5.75 Å². The lowest BCUT2D eigenvalue weighted by Gasteiger charge is -2.29. The molecule has 0 saturated carbocycles. The molecule has 4 nitrogen and oxygen atoms in total. The fraction of sp³-hybridized carbons (Fsp3) is 0.300. The largest absolute Gasteiger partial charge is 0.497 e. The highest BCUT2D eigenvalue weighted by Crippen LogP contribution is 2.44. The van der Waals surface area contributed by atoms with Crippen LogP contribution in [0.1, 0.15) is 36.1 Å². The molecule has 25 heavy (non-hydrogen) atoms. The zero-order valence-electron chi connectivity index (χ0n) is 14.2. The average molecular weight is 399 g/mol. The van der Waals surface area contributed by atoms with E-state index in [0.29, 0.717) is 0 Å². The maximum atomic E-state index is 12.3. The molecule has 128 valence electrons. The summed E-state index contributed by atoms with van der Waals surface area (Å²) in [5.41, 5.74) is 4.51. The number of halogens is 1. The van der Waals surface area contributed by atoms with E-state index in [4.69, 9.17) is 9.84 Å². The van der Waals surface area contributed by atoms with Crippen LogP contribution in [0.2, 0.25) is 0 Å². The van der Waals surface area contributed by atoms with E-state index in [9.17, 15) is 4.79 Å². The monoisotopic (exact) mass is 398 g/mol. The van der Waals surface area contributed by atoms with Crippen LogP contribution in [0.3, 0.4) is 0 Å². The van der Waals surface area contributed by atoms with Crippen molar-refractivity contribution < 1.29 is 9.53 Å².